The average molecular weight is 505 g/mol. The molecular formula is C18H17Br2ClN2O3. The summed E-state index contributed by atoms with van der Waals surface area (Å²) in [6.07, 6.45) is 1.17. The quantitative estimate of drug-likeness (QED) is 0.518. The van der Waals surface area contributed by atoms with Gasteiger partial charge in [0.15, 0.2) is 0 Å². The number of amides is 2. The number of methoxy groups -OCH3 is 1. The first-order valence-electron chi connectivity index (χ1n) is 7.79. The summed E-state index contributed by atoms with van der Waals surface area (Å²) < 4.78 is 6.67. The Morgan fingerprint density at radius 1 is 1.15 bits per heavy atom. The van der Waals surface area contributed by atoms with Crippen LogP contribution in [0.2, 0.25) is 5.02 Å². The fraction of sp³-hybridized carbons (Fsp3) is 0.222. The summed E-state index contributed by atoms with van der Waals surface area (Å²) in [6.45, 7) is 1.93. The summed E-state index contributed by atoms with van der Waals surface area (Å²) in [7, 11) is 1.49. The third-order valence-electron chi connectivity index (χ3n) is 3.43. The lowest BCUT2D eigenvalue weighted by atomic mass is 10.1. The van der Waals surface area contributed by atoms with Crippen LogP contribution in [0.15, 0.2) is 39.3 Å². The molecule has 0 heterocycles. The van der Waals surface area contributed by atoms with Crippen LogP contribution in [0.4, 0.5) is 11.4 Å². The minimum Gasteiger partial charge on any atom is -0.495 e. The van der Waals surface area contributed by atoms with E-state index in [4.69, 9.17) is 16.3 Å². The Balaban J connectivity index is 2.28. The molecule has 8 heteroatoms. The molecule has 2 aromatic rings. The molecule has 0 unspecified atom stereocenters. The zero-order valence-corrected chi connectivity index (χ0v) is 18.1. The van der Waals surface area contributed by atoms with Gasteiger partial charge >= 0.3 is 0 Å². The smallest absolute Gasteiger partial charge is 0.259 e. The van der Waals surface area contributed by atoms with Gasteiger partial charge in [0.25, 0.3) is 5.91 Å². The minimum absolute atomic E-state index is 0.0929. The maximum absolute atomic E-state index is 12.7. The van der Waals surface area contributed by atoms with Crippen LogP contribution in [0, 0.1) is 0 Å². The van der Waals surface area contributed by atoms with Crippen LogP contribution in [-0.4, -0.2) is 18.9 Å². The first-order valence-corrected chi connectivity index (χ1v) is 9.75. The van der Waals surface area contributed by atoms with Crippen molar-refractivity contribution < 1.29 is 14.3 Å². The molecule has 0 aromatic heterocycles. The standard InChI is InChI=1S/C18H17Br2ClN2O3/c1-3-4-16(24)22-11-5-6-14(21)15(9-11)23-18(25)12-7-10(19)8-13(20)17(12)26-2/h5-9H,3-4H2,1-2H3,(H,22,24)(H,23,25). The van der Waals surface area contributed by atoms with Gasteiger partial charge in [-0.05, 0) is 52.7 Å². The van der Waals surface area contributed by atoms with Crippen molar-refractivity contribution in [2.75, 3.05) is 17.7 Å². The highest BCUT2D eigenvalue weighted by Crippen LogP contribution is 2.34. The highest BCUT2D eigenvalue weighted by atomic mass is 79.9. The van der Waals surface area contributed by atoms with E-state index in [1.165, 1.54) is 7.11 Å². The van der Waals surface area contributed by atoms with E-state index in [1.807, 2.05) is 6.92 Å². The second-order valence-electron chi connectivity index (χ2n) is 5.42. The molecule has 2 N–H and O–H groups in total. The van der Waals surface area contributed by atoms with Crippen molar-refractivity contribution in [1.29, 1.82) is 0 Å². The molecule has 0 spiro atoms. The van der Waals surface area contributed by atoms with Gasteiger partial charge in [-0.15, -0.1) is 0 Å². The SMILES string of the molecule is CCCC(=O)Nc1ccc(Cl)c(NC(=O)c2cc(Br)cc(Br)c2OC)c1. The highest BCUT2D eigenvalue weighted by molar-refractivity contribution is 9.11. The van der Waals surface area contributed by atoms with Crippen molar-refractivity contribution in [3.8, 4) is 5.75 Å². The topological polar surface area (TPSA) is 67.4 Å². The van der Waals surface area contributed by atoms with Crippen LogP contribution in [0.3, 0.4) is 0 Å². The number of carbonyl (C=O) groups excluding carboxylic acids is 2. The van der Waals surface area contributed by atoms with Crippen molar-refractivity contribution in [1.82, 2.24) is 0 Å². The molecule has 26 heavy (non-hydrogen) atoms. The molecule has 5 nitrogen and oxygen atoms in total. The van der Waals surface area contributed by atoms with Crippen LogP contribution in [0.5, 0.6) is 5.75 Å². The second-order valence-corrected chi connectivity index (χ2v) is 7.59. The first-order chi connectivity index (χ1) is 12.3. The van der Waals surface area contributed by atoms with E-state index >= 15 is 0 Å². The van der Waals surface area contributed by atoms with E-state index in [1.54, 1.807) is 30.3 Å². The van der Waals surface area contributed by atoms with Gasteiger partial charge in [-0.1, -0.05) is 34.5 Å². The van der Waals surface area contributed by atoms with Crippen molar-refractivity contribution >= 4 is 66.6 Å². The summed E-state index contributed by atoms with van der Waals surface area (Å²) in [6, 6.07) is 8.36. The molecule has 0 aliphatic rings. The number of ether oxygens (including phenoxy) is 1. The lowest BCUT2D eigenvalue weighted by Crippen LogP contribution is -2.15. The molecule has 0 radical (unpaired) electrons. The number of benzene rings is 2. The molecule has 0 aliphatic heterocycles. The molecule has 0 saturated carbocycles. The van der Waals surface area contributed by atoms with Crippen molar-refractivity contribution in [2.24, 2.45) is 0 Å². The number of carbonyl (C=O) groups is 2. The molecule has 2 aromatic carbocycles. The van der Waals surface area contributed by atoms with E-state index in [0.717, 1.165) is 10.9 Å². The molecule has 2 amide bonds. The van der Waals surface area contributed by atoms with Crippen molar-refractivity contribution in [3.05, 3.63) is 49.9 Å². The Morgan fingerprint density at radius 3 is 2.54 bits per heavy atom. The number of rotatable bonds is 6. The van der Waals surface area contributed by atoms with Gasteiger partial charge < -0.3 is 15.4 Å². The predicted octanol–water partition coefficient (Wildman–Crippen LogP) is 5.86. The summed E-state index contributed by atoms with van der Waals surface area (Å²) in [4.78, 5) is 24.5. The molecule has 2 rings (SSSR count). The molecule has 0 aliphatic carbocycles. The highest BCUT2D eigenvalue weighted by Gasteiger charge is 2.18. The largest absolute Gasteiger partial charge is 0.495 e. The Morgan fingerprint density at radius 2 is 1.88 bits per heavy atom. The Labute approximate surface area is 173 Å². The number of hydrogen-bond donors (Lipinski definition) is 2. The first kappa shape index (κ1) is 20.7. The van der Waals surface area contributed by atoms with Crippen LogP contribution in [0.1, 0.15) is 30.1 Å². The predicted molar refractivity (Wildman–Crippen MR) is 111 cm³/mol. The van der Waals surface area contributed by atoms with Crippen LogP contribution in [-0.2, 0) is 4.79 Å². The van der Waals surface area contributed by atoms with Crippen LogP contribution >= 0.6 is 43.5 Å². The molecule has 138 valence electrons. The fourth-order valence-electron chi connectivity index (χ4n) is 2.28. The summed E-state index contributed by atoms with van der Waals surface area (Å²) in [5.41, 5.74) is 1.29. The normalized spacial score (nSPS) is 10.3. The maximum Gasteiger partial charge on any atom is 0.259 e. The molecule has 0 atom stereocenters. The summed E-state index contributed by atoms with van der Waals surface area (Å²) in [5.74, 6) is -0.0679. The fourth-order valence-corrected chi connectivity index (χ4v) is 3.83. The molecule has 0 bridgehead atoms. The van der Waals surface area contributed by atoms with Gasteiger partial charge in [-0.2, -0.15) is 0 Å². The van der Waals surface area contributed by atoms with Gasteiger partial charge in [-0.25, -0.2) is 0 Å². The Hall–Kier alpha value is -1.57. The Kier molecular flexibility index (Phi) is 7.49. The molecule has 0 saturated heterocycles. The second kappa shape index (κ2) is 9.39. The number of hydrogen-bond acceptors (Lipinski definition) is 3. The van der Waals surface area contributed by atoms with E-state index in [-0.39, 0.29) is 11.8 Å². The van der Waals surface area contributed by atoms with Gasteiger partial charge in [0.1, 0.15) is 5.75 Å². The number of anilines is 2. The maximum atomic E-state index is 12.7. The summed E-state index contributed by atoms with van der Waals surface area (Å²) >= 11 is 12.9. The number of halogens is 3. The number of nitrogens with one attached hydrogen (secondary N) is 2. The average Bonchev–Trinajstić information content (AvgIpc) is 2.57. The lowest BCUT2D eigenvalue weighted by molar-refractivity contribution is -0.116. The molecule has 0 fully saturated rings. The zero-order chi connectivity index (χ0) is 19.3. The van der Waals surface area contributed by atoms with Gasteiger partial charge in [0, 0.05) is 16.6 Å². The minimum atomic E-state index is -0.386. The van der Waals surface area contributed by atoms with Gasteiger partial charge in [0.2, 0.25) is 5.91 Å². The lowest BCUT2D eigenvalue weighted by Gasteiger charge is -2.13. The van der Waals surface area contributed by atoms with E-state index < -0.39 is 0 Å². The summed E-state index contributed by atoms with van der Waals surface area (Å²) in [5, 5.41) is 5.89. The van der Waals surface area contributed by atoms with E-state index in [0.29, 0.717) is 38.6 Å². The molecular weight excluding hydrogens is 487 g/mol. The van der Waals surface area contributed by atoms with Crippen molar-refractivity contribution in [2.45, 2.75) is 19.8 Å². The monoisotopic (exact) mass is 502 g/mol. The van der Waals surface area contributed by atoms with Crippen LogP contribution < -0.4 is 15.4 Å². The van der Waals surface area contributed by atoms with Gasteiger partial charge in [0.05, 0.1) is 27.9 Å². The zero-order valence-electron chi connectivity index (χ0n) is 14.2. The van der Waals surface area contributed by atoms with E-state index in [2.05, 4.69) is 42.5 Å². The Bertz CT molecular complexity index is 843. The van der Waals surface area contributed by atoms with Crippen molar-refractivity contribution in [3.63, 3.8) is 0 Å². The van der Waals surface area contributed by atoms with E-state index in [9.17, 15) is 9.59 Å². The van der Waals surface area contributed by atoms with Gasteiger partial charge in [-0.3, -0.25) is 9.59 Å². The van der Waals surface area contributed by atoms with Crippen LogP contribution in [0.25, 0.3) is 0 Å². The third kappa shape index (κ3) is 5.22. The third-order valence-corrected chi connectivity index (χ3v) is 4.81.